The van der Waals surface area contributed by atoms with Crippen molar-refractivity contribution in [2.24, 2.45) is 4.99 Å². The van der Waals surface area contributed by atoms with Crippen LogP contribution in [0.3, 0.4) is 0 Å². The minimum atomic E-state index is -3.10. The first kappa shape index (κ1) is 22.4. The van der Waals surface area contributed by atoms with E-state index in [2.05, 4.69) is 15.6 Å². The lowest BCUT2D eigenvalue weighted by Gasteiger charge is -2.11. The molecule has 0 bridgehead atoms. The van der Waals surface area contributed by atoms with Crippen molar-refractivity contribution in [3.63, 3.8) is 0 Å². The maximum absolute atomic E-state index is 12.2. The molecule has 0 aliphatic heterocycles. The first-order chi connectivity index (χ1) is 12.6. The fraction of sp³-hybridized carbons (Fsp3) is 0.632. The van der Waals surface area contributed by atoms with Gasteiger partial charge in [0, 0.05) is 32.8 Å². The van der Waals surface area contributed by atoms with Crippen LogP contribution in [0.25, 0.3) is 0 Å². The zero-order valence-electron chi connectivity index (χ0n) is 16.0. The number of guanidine groups is 1. The summed E-state index contributed by atoms with van der Waals surface area (Å²) in [5, 5.41) is 6.45. The summed E-state index contributed by atoms with van der Waals surface area (Å²) in [5.41, 5.74) is 0.832. The molecule has 1 rings (SSSR count). The van der Waals surface area contributed by atoms with Crippen LogP contribution in [-0.2, 0) is 20.3 Å². The third-order valence-corrected chi connectivity index (χ3v) is 5.35. The molecule has 1 aromatic rings. The Balaban J connectivity index is 2.30. The number of hydrogen-bond donors (Lipinski definition) is 2. The molecule has 0 fully saturated rings. The van der Waals surface area contributed by atoms with E-state index in [1.807, 2.05) is 44.2 Å². The Hall–Kier alpha value is -1.60. The fourth-order valence-electron chi connectivity index (χ4n) is 2.40. The molecule has 0 amide bonds. The van der Waals surface area contributed by atoms with Crippen LogP contribution in [0, 0.1) is 0 Å². The number of benzene rings is 1. The van der Waals surface area contributed by atoms with Crippen LogP contribution in [0.2, 0.25) is 0 Å². The zero-order chi connectivity index (χ0) is 19.1. The molecule has 2 N–H and O–H groups in total. The molecular formula is C19H33N3O3S. The molecule has 0 radical (unpaired) electrons. The Morgan fingerprint density at radius 3 is 2.54 bits per heavy atom. The summed E-state index contributed by atoms with van der Waals surface area (Å²) < 4.78 is 29.7. The van der Waals surface area contributed by atoms with E-state index in [4.69, 9.17) is 4.74 Å². The van der Waals surface area contributed by atoms with E-state index < -0.39 is 9.84 Å². The zero-order valence-corrected chi connectivity index (χ0v) is 16.9. The van der Waals surface area contributed by atoms with Gasteiger partial charge >= 0.3 is 0 Å². The predicted molar refractivity (Wildman–Crippen MR) is 108 cm³/mol. The van der Waals surface area contributed by atoms with Gasteiger partial charge in [0.2, 0.25) is 0 Å². The van der Waals surface area contributed by atoms with Gasteiger partial charge in [0.25, 0.3) is 0 Å². The number of nitrogens with zero attached hydrogens (tertiary/aromatic N) is 1. The van der Waals surface area contributed by atoms with Crippen molar-refractivity contribution in [1.29, 1.82) is 0 Å². The lowest BCUT2D eigenvalue weighted by molar-refractivity contribution is 0.143. The topological polar surface area (TPSA) is 79.8 Å². The van der Waals surface area contributed by atoms with Crippen LogP contribution in [0.4, 0.5) is 0 Å². The Labute approximate surface area is 158 Å². The quantitative estimate of drug-likeness (QED) is 0.311. The molecule has 0 unspecified atom stereocenters. The molecule has 1 aromatic carbocycles. The van der Waals surface area contributed by atoms with Crippen molar-refractivity contribution in [2.45, 2.75) is 38.9 Å². The molecule has 0 saturated carbocycles. The van der Waals surface area contributed by atoms with Gasteiger partial charge in [-0.3, -0.25) is 4.99 Å². The molecule has 0 atom stereocenters. The number of aliphatic imine (C=N–C) groups is 1. The number of hydrogen-bond acceptors (Lipinski definition) is 4. The van der Waals surface area contributed by atoms with E-state index in [1.165, 1.54) is 0 Å². The second-order valence-corrected chi connectivity index (χ2v) is 8.21. The normalized spacial score (nSPS) is 12.2. The number of ether oxygens (including phenoxy) is 1. The molecule has 0 aromatic heterocycles. The molecular weight excluding hydrogens is 350 g/mol. The van der Waals surface area contributed by atoms with E-state index in [1.54, 1.807) is 0 Å². The van der Waals surface area contributed by atoms with Crippen molar-refractivity contribution in [2.75, 3.05) is 38.6 Å². The SMILES string of the molecule is CCNC(=NCCCS(=O)(=O)Cc1ccccc1)NCCCCOCC. The first-order valence-electron chi connectivity index (χ1n) is 9.41. The van der Waals surface area contributed by atoms with E-state index in [0.29, 0.717) is 13.0 Å². The summed E-state index contributed by atoms with van der Waals surface area (Å²) in [6.45, 7) is 7.63. The third-order valence-electron chi connectivity index (χ3n) is 3.67. The standard InChI is InChI=1S/C19H33N3O3S/c1-3-20-19(21-13-8-9-15-25-4-2)22-14-10-16-26(23,24)17-18-11-6-5-7-12-18/h5-7,11-12H,3-4,8-10,13-17H2,1-2H3,(H2,20,21,22). The Morgan fingerprint density at radius 1 is 1.08 bits per heavy atom. The Kier molecular flexibility index (Phi) is 11.7. The summed E-state index contributed by atoms with van der Waals surface area (Å²) in [6, 6.07) is 9.29. The van der Waals surface area contributed by atoms with E-state index in [9.17, 15) is 8.42 Å². The minimum Gasteiger partial charge on any atom is -0.382 e. The van der Waals surface area contributed by atoms with Crippen molar-refractivity contribution in [3.05, 3.63) is 35.9 Å². The Morgan fingerprint density at radius 2 is 1.85 bits per heavy atom. The smallest absolute Gasteiger partial charge is 0.191 e. The largest absolute Gasteiger partial charge is 0.382 e. The summed E-state index contributed by atoms with van der Waals surface area (Å²) in [5.74, 6) is 0.985. The van der Waals surface area contributed by atoms with Crippen molar-refractivity contribution < 1.29 is 13.2 Å². The van der Waals surface area contributed by atoms with E-state index in [0.717, 1.165) is 50.7 Å². The number of nitrogens with one attached hydrogen (secondary N) is 2. The van der Waals surface area contributed by atoms with Gasteiger partial charge < -0.3 is 15.4 Å². The maximum Gasteiger partial charge on any atom is 0.191 e. The van der Waals surface area contributed by atoms with Crippen LogP contribution in [0.5, 0.6) is 0 Å². The second-order valence-electron chi connectivity index (χ2n) is 6.02. The van der Waals surface area contributed by atoms with E-state index >= 15 is 0 Å². The number of sulfone groups is 1. The van der Waals surface area contributed by atoms with Gasteiger partial charge in [0.05, 0.1) is 11.5 Å². The molecule has 0 aliphatic carbocycles. The molecule has 0 spiro atoms. The van der Waals surface area contributed by atoms with Gasteiger partial charge in [-0.2, -0.15) is 0 Å². The van der Waals surface area contributed by atoms with E-state index in [-0.39, 0.29) is 11.5 Å². The number of unbranched alkanes of at least 4 members (excludes halogenated alkanes) is 1. The van der Waals surface area contributed by atoms with Crippen LogP contribution in [0.1, 0.15) is 38.7 Å². The predicted octanol–water partition coefficient (Wildman–Crippen LogP) is 2.36. The van der Waals surface area contributed by atoms with Gasteiger partial charge in [-0.25, -0.2) is 8.42 Å². The van der Waals surface area contributed by atoms with Crippen LogP contribution >= 0.6 is 0 Å². The van der Waals surface area contributed by atoms with Gasteiger partial charge in [0.15, 0.2) is 15.8 Å². The molecule has 6 nitrogen and oxygen atoms in total. The molecule has 26 heavy (non-hydrogen) atoms. The maximum atomic E-state index is 12.2. The highest BCUT2D eigenvalue weighted by molar-refractivity contribution is 7.90. The fourth-order valence-corrected chi connectivity index (χ4v) is 3.81. The molecule has 7 heteroatoms. The average molecular weight is 384 g/mol. The molecule has 0 saturated heterocycles. The molecule has 0 aliphatic rings. The van der Waals surface area contributed by atoms with Gasteiger partial charge in [0.1, 0.15) is 0 Å². The minimum absolute atomic E-state index is 0.0930. The van der Waals surface area contributed by atoms with Gasteiger partial charge in [-0.15, -0.1) is 0 Å². The van der Waals surface area contributed by atoms with Gasteiger partial charge in [-0.05, 0) is 38.7 Å². The summed E-state index contributed by atoms with van der Waals surface area (Å²) in [4.78, 5) is 4.46. The average Bonchev–Trinajstić information content (AvgIpc) is 2.62. The van der Waals surface area contributed by atoms with Crippen LogP contribution in [0.15, 0.2) is 35.3 Å². The van der Waals surface area contributed by atoms with Crippen molar-refractivity contribution in [1.82, 2.24) is 10.6 Å². The second kappa shape index (κ2) is 13.6. The van der Waals surface area contributed by atoms with Crippen LogP contribution in [-0.4, -0.2) is 53.0 Å². The molecule has 0 heterocycles. The van der Waals surface area contributed by atoms with Gasteiger partial charge in [-0.1, -0.05) is 30.3 Å². The monoisotopic (exact) mass is 383 g/mol. The molecule has 148 valence electrons. The highest BCUT2D eigenvalue weighted by Crippen LogP contribution is 2.07. The van der Waals surface area contributed by atoms with Crippen LogP contribution < -0.4 is 10.6 Å². The highest BCUT2D eigenvalue weighted by Gasteiger charge is 2.11. The van der Waals surface area contributed by atoms with Crippen molar-refractivity contribution in [3.8, 4) is 0 Å². The summed E-state index contributed by atoms with van der Waals surface area (Å²) in [6.07, 6.45) is 2.55. The number of rotatable bonds is 13. The lowest BCUT2D eigenvalue weighted by Crippen LogP contribution is -2.38. The highest BCUT2D eigenvalue weighted by atomic mass is 32.2. The third kappa shape index (κ3) is 11.1. The lowest BCUT2D eigenvalue weighted by atomic mass is 10.2. The van der Waals surface area contributed by atoms with Crippen molar-refractivity contribution >= 4 is 15.8 Å². The Bertz CT molecular complexity index is 604. The first-order valence-corrected chi connectivity index (χ1v) is 11.2. The summed E-state index contributed by atoms with van der Waals surface area (Å²) in [7, 11) is -3.10. The summed E-state index contributed by atoms with van der Waals surface area (Å²) >= 11 is 0.